The van der Waals surface area contributed by atoms with Crippen molar-refractivity contribution in [3.05, 3.63) is 76.3 Å². The molecule has 23 heavy (non-hydrogen) atoms. The molecule has 4 heteroatoms. The first kappa shape index (κ1) is 13.8. The Morgan fingerprint density at radius 3 is 2.57 bits per heavy atom. The molecular weight excluding hydrogens is 288 g/mol. The maximum absolute atomic E-state index is 11.2. The molecule has 1 unspecified atom stereocenters. The third kappa shape index (κ3) is 2.06. The molecular formula is C19H16N2O2. The van der Waals surface area contributed by atoms with Gasteiger partial charge in [-0.15, -0.1) is 0 Å². The zero-order chi connectivity index (χ0) is 16.0. The molecule has 4 rings (SSSR count). The molecule has 0 fully saturated rings. The Morgan fingerprint density at radius 1 is 1.00 bits per heavy atom. The van der Waals surface area contributed by atoms with E-state index in [1.807, 2.05) is 37.4 Å². The molecule has 114 valence electrons. The van der Waals surface area contributed by atoms with Crippen molar-refractivity contribution < 1.29 is 4.92 Å². The van der Waals surface area contributed by atoms with Gasteiger partial charge in [-0.2, -0.15) is 0 Å². The first-order valence-electron chi connectivity index (χ1n) is 7.62. The minimum Gasteiger partial charge on any atom is -0.360 e. The van der Waals surface area contributed by atoms with Crippen LogP contribution in [0.1, 0.15) is 11.6 Å². The maximum atomic E-state index is 11.2. The molecule has 1 aliphatic heterocycles. The predicted octanol–water partition coefficient (Wildman–Crippen LogP) is 4.27. The van der Waals surface area contributed by atoms with Gasteiger partial charge in [0.05, 0.1) is 5.69 Å². The summed E-state index contributed by atoms with van der Waals surface area (Å²) in [4.78, 5) is 13.0. The first-order chi connectivity index (χ1) is 11.2. The van der Waals surface area contributed by atoms with Crippen LogP contribution in [0.4, 0.5) is 5.69 Å². The lowest BCUT2D eigenvalue weighted by atomic mass is 9.86. The topological polar surface area (TPSA) is 46.4 Å². The van der Waals surface area contributed by atoms with Crippen molar-refractivity contribution in [2.45, 2.75) is 6.04 Å². The third-order valence-electron chi connectivity index (χ3n) is 4.65. The molecule has 0 aromatic heterocycles. The summed E-state index contributed by atoms with van der Waals surface area (Å²) in [5.74, 6) is 0. The van der Waals surface area contributed by atoms with Gasteiger partial charge in [-0.1, -0.05) is 60.7 Å². The predicted molar refractivity (Wildman–Crippen MR) is 92.4 cm³/mol. The summed E-state index contributed by atoms with van der Waals surface area (Å²) >= 11 is 0. The molecule has 0 saturated carbocycles. The number of hydrogen-bond acceptors (Lipinski definition) is 3. The van der Waals surface area contributed by atoms with Crippen molar-refractivity contribution in [3.8, 4) is 11.1 Å². The Balaban J connectivity index is 2.04. The van der Waals surface area contributed by atoms with Gasteiger partial charge in [-0.3, -0.25) is 10.1 Å². The molecule has 1 atom stereocenters. The van der Waals surface area contributed by atoms with E-state index in [9.17, 15) is 10.1 Å². The number of fused-ring (bicyclic) bond motifs is 5. The van der Waals surface area contributed by atoms with Crippen molar-refractivity contribution in [2.75, 3.05) is 18.5 Å². The molecule has 0 aliphatic carbocycles. The highest BCUT2D eigenvalue weighted by Crippen LogP contribution is 2.47. The van der Waals surface area contributed by atoms with E-state index in [2.05, 4.69) is 35.2 Å². The van der Waals surface area contributed by atoms with E-state index in [1.165, 1.54) is 0 Å². The summed E-state index contributed by atoms with van der Waals surface area (Å²) in [7, 11) is 1.95. The average Bonchev–Trinajstić information content (AvgIpc) is 2.57. The molecule has 1 aliphatic rings. The van der Waals surface area contributed by atoms with Crippen LogP contribution in [0, 0.1) is 10.1 Å². The van der Waals surface area contributed by atoms with Gasteiger partial charge >= 0.3 is 0 Å². The maximum Gasteiger partial charge on any atom is 0.228 e. The van der Waals surface area contributed by atoms with Crippen LogP contribution in [0.2, 0.25) is 0 Å². The fourth-order valence-electron chi connectivity index (χ4n) is 3.61. The van der Waals surface area contributed by atoms with Crippen molar-refractivity contribution in [1.82, 2.24) is 0 Å². The summed E-state index contributed by atoms with van der Waals surface area (Å²) < 4.78 is 0. The minimum atomic E-state index is -0.250. The van der Waals surface area contributed by atoms with Crippen LogP contribution in [0.5, 0.6) is 0 Å². The van der Waals surface area contributed by atoms with E-state index in [0.717, 1.165) is 33.2 Å². The van der Waals surface area contributed by atoms with Gasteiger partial charge in [-0.05, 0) is 16.5 Å². The molecule has 4 nitrogen and oxygen atoms in total. The van der Waals surface area contributed by atoms with Gasteiger partial charge < -0.3 is 4.90 Å². The van der Waals surface area contributed by atoms with Crippen LogP contribution < -0.4 is 4.90 Å². The fraction of sp³-hybridized carbons (Fsp3) is 0.158. The highest BCUT2D eigenvalue weighted by Gasteiger charge is 2.32. The molecule has 0 bridgehead atoms. The quantitative estimate of drug-likeness (QED) is 0.524. The second kappa shape index (κ2) is 5.09. The Hall–Kier alpha value is -2.88. The average molecular weight is 304 g/mol. The standard InChI is InChI=1S/C19H16N2O2/c1-20-18(12-21(22)23)16-9-5-4-8-15(16)17-11-10-13-6-2-3-7-14(13)19(17)20/h2-11,18H,12H2,1H3. The van der Waals surface area contributed by atoms with Crippen molar-refractivity contribution in [3.63, 3.8) is 0 Å². The lowest BCUT2D eigenvalue weighted by molar-refractivity contribution is -0.483. The highest BCUT2D eigenvalue weighted by atomic mass is 16.6. The number of likely N-dealkylation sites (N-methyl/N-ethyl adjacent to an activating group) is 1. The molecule has 0 N–H and O–H groups in total. The molecule has 0 saturated heterocycles. The van der Waals surface area contributed by atoms with Crippen molar-refractivity contribution in [2.24, 2.45) is 0 Å². The van der Waals surface area contributed by atoms with E-state index in [-0.39, 0.29) is 17.5 Å². The summed E-state index contributed by atoms with van der Waals surface area (Å²) in [6.07, 6.45) is 0. The van der Waals surface area contributed by atoms with Gasteiger partial charge in [0.2, 0.25) is 6.54 Å². The molecule has 3 aromatic carbocycles. The van der Waals surface area contributed by atoms with Crippen LogP contribution in [0.25, 0.3) is 21.9 Å². The zero-order valence-corrected chi connectivity index (χ0v) is 12.8. The summed E-state index contributed by atoms with van der Waals surface area (Å²) in [5.41, 5.74) is 4.34. The molecule has 1 heterocycles. The van der Waals surface area contributed by atoms with Crippen LogP contribution in [-0.4, -0.2) is 18.5 Å². The Morgan fingerprint density at radius 2 is 1.74 bits per heavy atom. The molecule has 0 radical (unpaired) electrons. The number of nitrogens with zero attached hydrogens (tertiary/aromatic N) is 2. The number of rotatable bonds is 2. The van der Waals surface area contributed by atoms with E-state index in [0.29, 0.717) is 0 Å². The summed E-state index contributed by atoms with van der Waals surface area (Å²) in [5, 5.41) is 13.5. The Bertz CT molecular complexity index is 920. The molecule has 3 aromatic rings. The lowest BCUT2D eigenvalue weighted by Crippen LogP contribution is -2.33. The van der Waals surface area contributed by atoms with Crippen LogP contribution in [0.3, 0.4) is 0 Å². The summed E-state index contributed by atoms with van der Waals surface area (Å²) in [6.45, 7) is -0.101. The largest absolute Gasteiger partial charge is 0.360 e. The number of hydrogen-bond donors (Lipinski definition) is 0. The highest BCUT2D eigenvalue weighted by molar-refractivity contribution is 6.03. The van der Waals surface area contributed by atoms with E-state index in [1.54, 1.807) is 0 Å². The second-order valence-electron chi connectivity index (χ2n) is 5.91. The van der Waals surface area contributed by atoms with Gasteiger partial charge in [0.15, 0.2) is 0 Å². The minimum absolute atomic E-state index is 0.101. The first-order valence-corrected chi connectivity index (χ1v) is 7.62. The second-order valence-corrected chi connectivity index (χ2v) is 5.91. The van der Waals surface area contributed by atoms with Crippen LogP contribution in [0.15, 0.2) is 60.7 Å². The van der Waals surface area contributed by atoms with Gasteiger partial charge in [0, 0.05) is 22.9 Å². The van der Waals surface area contributed by atoms with E-state index in [4.69, 9.17) is 0 Å². The Kier molecular flexibility index (Phi) is 3.05. The Labute approximate surface area is 134 Å². The lowest BCUT2D eigenvalue weighted by Gasteiger charge is -2.36. The molecule has 0 spiro atoms. The SMILES string of the molecule is CN1c2c(ccc3ccccc23)-c2ccccc2C1C[N+](=O)[O-]. The van der Waals surface area contributed by atoms with Crippen LogP contribution >= 0.6 is 0 Å². The van der Waals surface area contributed by atoms with Gasteiger partial charge in [0.25, 0.3) is 0 Å². The number of benzene rings is 3. The van der Waals surface area contributed by atoms with Crippen molar-refractivity contribution >= 4 is 16.5 Å². The van der Waals surface area contributed by atoms with Gasteiger partial charge in [-0.25, -0.2) is 0 Å². The van der Waals surface area contributed by atoms with Gasteiger partial charge in [0.1, 0.15) is 6.04 Å². The summed E-state index contributed by atoms with van der Waals surface area (Å²) in [6, 6.07) is 20.2. The fourth-order valence-corrected chi connectivity index (χ4v) is 3.61. The number of anilines is 1. The number of nitro groups is 1. The monoisotopic (exact) mass is 304 g/mol. The normalized spacial score (nSPS) is 16.0. The zero-order valence-electron chi connectivity index (χ0n) is 12.8. The smallest absolute Gasteiger partial charge is 0.228 e. The van der Waals surface area contributed by atoms with E-state index < -0.39 is 0 Å². The van der Waals surface area contributed by atoms with E-state index >= 15 is 0 Å². The third-order valence-corrected chi connectivity index (χ3v) is 4.65. The van der Waals surface area contributed by atoms with Crippen molar-refractivity contribution in [1.29, 1.82) is 0 Å². The van der Waals surface area contributed by atoms with Crippen LogP contribution in [-0.2, 0) is 0 Å². The molecule has 0 amide bonds.